The van der Waals surface area contributed by atoms with Crippen LogP contribution < -0.4 is 0 Å². The largest absolute Gasteiger partial charge is 0.299 e. The SMILES string of the molecule is Cc1ccc([C@@H](CC(=O)c2cccc(Br)c2)[C@@H]2CCCCCCC2=O)cc1. The van der Waals surface area contributed by atoms with E-state index in [0.29, 0.717) is 24.2 Å². The molecule has 0 aromatic heterocycles. The third kappa shape index (κ3) is 5.38. The third-order valence-electron chi connectivity index (χ3n) is 5.64. The highest BCUT2D eigenvalue weighted by Gasteiger charge is 2.31. The second-order valence-corrected chi connectivity index (χ2v) is 8.60. The molecular formula is C24H27BrO2. The summed E-state index contributed by atoms with van der Waals surface area (Å²) < 4.78 is 0.905. The van der Waals surface area contributed by atoms with E-state index in [2.05, 4.69) is 47.1 Å². The number of Topliss-reactive ketones (excluding diaryl/α,β-unsaturated/α-hetero) is 2. The molecule has 0 heterocycles. The Hall–Kier alpha value is -1.74. The molecule has 2 aromatic rings. The second-order valence-electron chi connectivity index (χ2n) is 7.68. The Morgan fingerprint density at radius 3 is 2.56 bits per heavy atom. The van der Waals surface area contributed by atoms with Gasteiger partial charge in [0.2, 0.25) is 0 Å². The van der Waals surface area contributed by atoms with Gasteiger partial charge in [-0.25, -0.2) is 0 Å². The maximum absolute atomic E-state index is 13.0. The van der Waals surface area contributed by atoms with Crippen molar-refractivity contribution in [1.82, 2.24) is 0 Å². The number of rotatable bonds is 5. The molecule has 2 aromatic carbocycles. The molecule has 0 bridgehead atoms. The number of hydrogen-bond acceptors (Lipinski definition) is 2. The van der Waals surface area contributed by atoms with Gasteiger partial charge in [0.05, 0.1) is 0 Å². The van der Waals surface area contributed by atoms with E-state index in [-0.39, 0.29) is 17.6 Å². The first-order valence-electron chi connectivity index (χ1n) is 9.92. The molecule has 0 spiro atoms. The quantitative estimate of drug-likeness (QED) is 0.501. The predicted octanol–water partition coefficient (Wildman–Crippen LogP) is 6.65. The van der Waals surface area contributed by atoms with Crippen LogP contribution in [0, 0.1) is 12.8 Å². The normalized spacial score (nSPS) is 19.2. The van der Waals surface area contributed by atoms with Gasteiger partial charge in [0.15, 0.2) is 5.78 Å². The van der Waals surface area contributed by atoms with Crippen LogP contribution in [0.1, 0.15) is 72.3 Å². The summed E-state index contributed by atoms with van der Waals surface area (Å²) in [6.07, 6.45) is 6.31. The third-order valence-corrected chi connectivity index (χ3v) is 6.14. The van der Waals surface area contributed by atoms with Gasteiger partial charge in [0.1, 0.15) is 5.78 Å². The van der Waals surface area contributed by atoms with Crippen LogP contribution in [0.25, 0.3) is 0 Å². The van der Waals surface area contributed by atoms with Crippen LogP contribution in [-0.4, -0.2) is 11.6 Å². The Kier molecular flexibility index (Phi) is 7.01. The average Bonchev–Trinajstić information content (AvgIpc) is 2.64. The van der Waals surface area contributed by atoms with Crippen molar-refractivity contribution in [3.05, 3.63) is 69.7 Å². The Labute approximate surface area is 170 Å². The summed E-state index contributed by atoms with van der Waals surface area (Å²) in [5.74, 6) is 0.353. The number of benzene rings is 2. The molecule has 0 N–H and O–H groups in total. The number of hydrogen-bond donors (Lipinski definition) is 0. The van der Waals surface area contributed by atoms with E-state index >= 15 is 0 Å². The molecule has 27 heavy (non-hydrogen) atoms. The summed E-state index contributed by atoms with van der Waals surface area (Å²) >= 11 is 3.45. The lowest BCUT2D eigenvalue weighted by Crippen LogP contribution is -2.26. The van der Waals surface area contributed by atoms with Crippen LogP contribution in [0.2, 0.25) is 0 Å². The molecule has 1 aliphatic carbocycles. The van der Waals surface area contributed by atoms with Gasteiger partial charge in [-0.15, -0.1) is 0 Å². The lowest BCUT2D eigenvalue weighted by molar-refractivity contribution is -0.124. The maximum Gasteiger partial charge on any atom is 0.163 e. The number of carbonyl (C=O) groups excluding carboxylic acids is 2. The van der Waals surface area contributed by atoms with Crippen LogP contribution in [0.5, 0.6) is 0 Å². The van der Waals surface area contributed by atoms with Crippen molar-refractivity contribution in [3.8, 4) is 0 Å². The highest BCUT2D eigenvalue weighted by molar-refractivity contribution is 9.10. The van der Waals surface area contributed by atoms with E-state index in [1.54, 1.807) is 0 Å². The summed E-state index contributed by atoms with van der Waals surface area (Å²) in [5.41, 5.74) is 3.02. The molecule has 2 atom stereocenters. The minimum atomic E-state index is -0.0518. The van der Waals surface area contributed by atoms with Crippen molar-refractivity contribution in [2.45, 2.75) is 57.8 Å². The fraction of sp³-hybridized carbons (Fsp3) is 0.417. The van der Waals surface area contributed by atoms with Gasteiger partial charge in [-0.3, -0.25) is 9.59 Å². The fourth-order valence-corrected chi connectivity index (χ4v) is 4.47. The highest BCUT2D eigenvalue weighted by Crippen LogP contribution is 2.36. The van der Waals surface area contributed by atoms with Gasteiger partial charge in [-0.1, -0.05) is 77.2 Å². The summed E-state index contributed by atoms with van der Waals surface area (Å²) in [6.45, 7) is 2.06. The first-order valence-corrected chi connectivity index (χ1v) is 10.7. The molecule has 3 heteroatoms. The van der Waals surface area contributed by atoms with E-state index in [0.717, 1.165) is 35.7 Å². The topological polar surface area (TPSA) is 34.1 Å². The Morgan fingerprint density at radius 2 is 1.81 bits per heavy atom. The maximum atomic E-state index is 13.0. The first-order chi connectivity index (χ1) is 13.0. The number of halogens is 1. The molecule has 1 aliphatic rings. The molecule has 142 valence electrons. The van der Waals surface area contributed by atoms with E-state index < -0.39 is 0 Å². The monoisotopic (exact) mass is 426 g/mol. The van der Waals surface area contributed by atoms with Crippen LogP contribution in [0.15, 0.2) is 53.0 Å². The fourth-order valence-electron chi connectivity index (χ4n) is 4.07. The standard InChI is InChI=1S/C24H27BrO2/c1-17-11-13-18(14-12-17)22(21-9-4-2-3-5-10-23(21)26)16-24(27)19-7-6-8-20(25)15-19/h6-8,11-15,21-22H,2-5,9-10,16H2,1H3/t21-,22+/m0/s1. The van der Waals surface area contributed by atoms with Gasteiger partial charge in [-0.05, 0) is 37.5 Å². The second kappa shape index (κ2) is 9.45. The van der Waals surface area contributed by atoms with Crippen LogP contribution in [0.4, 0.5) is 0 Å². The molecule has 1 saturated carbocycles. The van der Waals surface area contributed by atoms with Gasteiger partial charge in [0.25, 0.3) is 0 Å². The summed E-state index contributed by atoms with van der Waals surface area (Å²) in [7, 11) is 0. The first kappa shape index (κ1) is 20.0. The Morgan fingerprint density at radius 1 is 1.07 bits per heavy atom. The minimum Gasteiger partial charge on any atom is -0.299 e. The molecule has 0 saturated heterocycles. The van der Waals surface area contributed by atoms with E-state index in [1.165, 1.54) is 12.0 Å². The lowest BCUT2D eigenvalue weighted by atomic mass is 9.75. The summed E-state index contributed by atoms with van der Waals surface area (Å²) in [6, 6.07) is 15.9. The lowest BCUT2D eigenvalue weighted by Gasteiger charge is -2.28. The molecule has 0 aliphatic heterocycles. The molecule has 3 rings (SSSR count). The van der Waals surface area contributed by atoms with Crippen molar-refractivity contribution in [2.75, 3.05) is 0 Å². The smallest absolute Gasteiger partial charge is 0.163 e. The minimum absolute atomic E-state index is 0.0392. The van der Waals surface area contributed by atoms with Crippen molar-refractivity contribution in [3.63, 3.8) is 0 Å². The highest BCUT2D eigenvalue weighted by atomic mass is 79.9. The molecule has 2 nitrogen and oxygen atoms in total. The van der Waals surface area contributed by atoms with Crippen LogP contribution >= 0.6 is 15.9 Å². The van der Waals surface area contributed by atoms with Gasteiger partial charge < -0.3 is 0 Å². The Bertz CT molecular complexity index is 794. The number of carbonyl (C=O) groups is 2. The van der Waals surface area contributed by atoms with E-state index in [1.807, 2.05) is 24.3 Å². The Balaban J connectivity index is 1.90. The molecule has 0 amide bonds. The van der Waals surface area contributed by atoms with Crippen LogP contribution in [0.3, 0.4) is 0 Å². The van der Waals surface area contributed by atoms with Crippen molar-refractivity contribution in [2.24, 2.45) is 5.92 Å². The average molecular weight is 427 g/mol. The molecule has 1 fully saturated rings. The number of ketones is 2. The predicted molar refractivity (Wildman–Crippen MR) is 113 cm³/mol. The number of aryl methyl sites for hydroxylation is 1. The zero-order valence-corrected chi connectivity index (χ0v) is 17.5. The van der Waals surface area contributed by atoms with Gasteiger partial charge in [0, 0.05) is 34.7 Å². The molecule has 0 radical (unpaired) electrons. The van der Waals surface area contributed by atoms with Crippen molar-refractivity contribution < 1.29 is 9.59 Å². The van der Waals surface area contributed by atoms with Gasteiger partial charge in [-0.2, -0.15) is 0 Å². The van der Waals surface area contributed by atoms with Crippen molar-refractivity contribution in [1.29, 1.82) is 0 Å². The molecule has 0 unspecified atom stereocenters. The van der Waals surface area contributed by atoms with E-state index in [9.17, 15) is 9.59 Å². The molecular weight excluding hydrogens is 400 g/mol. The zero-order chi connectivity index (χ0) is 19.2. The van der Waals surface area contributed by atoms with Crippen molar-refractivity contribution >= 4 is 27.5 Å². The summed E-state index contributed by atoms with van der Waals surface area (Å²) in [5, 5.41) is 0. The zero-order valence-electron chi connectivity index (χ0n) is 15.9. The van der Waals surface area contributed by atoms with E-state index in [4.69, 9.17) is 0 Å². The van der Waals surface area contributed by atoms with Gasteiger partial charge >= 0.3 is 0 Å². The summed E-state index contributed by atoms with van der Waals surface area (Å²) in [4.78, 5) is 25.9. The van der Waals surface area contributed by atoms with Crippen LogP contribution in [-0.2, 0) is 4.79 Å².